The van der Waals surface area contributed by atoms with E-state index in [0.717, 1.165) is 30.1 Å². The molecule has 3 rings (SSSR count). The Labute approximate surface area is 132 Å². The van der Waals surface area contributed by atoms with Gasteiger partial charge in [0.15, 0.2) is 4.34 Å². The van der Waals surface area contributed by atoms with E-state index in [4.69, 9.17) is 0 Å². The maximum absolute atomic E-state index is 11.8. The van der Waals surface area contributed by atoms with Crippen LogP contribution >= 0.6 is 23.1 Å². The monoisotopic (exact) mass is 319 g/mol. The largest absolute Gasteiger partial charge is 0.355 e. The van der Waals surface area contributed by atoms with Crippen molar-refractivity contribution in [3.63, 3.8) is 0 Å². The van der Waals surface area contributed by atoms with Crippen molar-refractivity contribution in [2.45, 2.75) is 23.6 Å². The summed E-state index contributed by atoms with van der Waals surface area (Å²) < 4.78 is 0.844. The van der Waals surface area contributed by atoms with E-state index in [9.17, 15) is 4.79 Å². The highest BCUT2D eigenvalue weighted by Crippen LogP contribution is 2.28. The second-order valence-electron chi connectivity index (χ2n) is 5.17. The highest BCUT2D eigenvalue weighted by molar-refractivity contribution is 8.01. The van der Waals surface area contributed by atoms with Crippen LogP contribution in [0.3, 0.4) is 0 Å². The number of carbonyl (C=O) groups excluding carboxylic acids is 1. The lowest BCUT2D eigenvalue weighted by atomic mass is 10.0. The van der Waals surface area contributed by atoms with E-state index in [1.807, 2.05) is 0 Å². The van der Waals surface area contributed by atoms with E-state index < -0.39 is 0 Å². The second kappa shape index (κ2) is 7.04. The first-order chi connectivity index (χ1) is 10.3. The Morgan fingerprint density at radius 2 is 2.10 bits per heavy atom. The fourth-order valence-electron chi connectivity index (χ4n) is 2.67. The number of benzene rings is 1. The van der Waals surface area contributed by atoms with E-state index in [1.165, 1.54) is 34.2 Å². The summed E-state index contributed by atoms with van der Waals surface area (Å²) in [6.07, 6.45) is 3.33. The summed E-state index contributed by atoms with van der Waals surface area (Å²) in [6.45, 7) is 0.758. The van der Waals surface area contributed by atoms with Gasteiger partial charge in [-0.3, -0.25) is 4.79 Å². The Hall–Kier alpha value is -1.40. The molecule has 4 nitrogen and oxygen atoms in total. The molecule has 1 aliphatic carbocycles. The minimum absolute atomic E-state index is 0.0747. The topological polar surface area (TPSA) is 54.9 Å². The second-order valence-corrected chi connectivity index (χ2v) is 7.23. The molecule has 1 aromatic heterocycles. The molecule has 1 aromatic carbocycles. The quantitative estimate of drug-likeness (QED) is 0.832. The first-order valence-corrected chi connectivity index (χ1v) is 8.90. The molecule has 2 aromatic rings. The molecule has 0 unspecified atom stereocenters. The molecule has 1 N–H and O–H groups in total. The van der Waals surface area contributed by atoms with E-state index in [0.29, 0.717) is 11.7 Å². The Bertz CT molecular complexity index is 576. The van der Waals surface area contributed by atoms with Gasteiger partial charge in [0.25, 0.3) is 0 Å². The number of nitrogens with zero attached hydrogens (tertiary/aromatic N) is 2. The van der Waals surface area contributed by atoms with Crippen molar-refractivity contribution in [2.75, 3.05) is 12.3 Å². The third-order valence-electron chi connectivity index (χ3n) is 3.68. The molecule has 0 spiro atoms. The lowest BCUT2D eigenvalue weighted by Crippen LogP contribution is -2.27. The predicted octanol–water partition coefficient (Wildman–Crippen LogP) is 2.55. The zero-order valence-corrected chi connectivity index (χ0v) is 13.3. The lowest BCUT2D eigenvalue weighted by Gasteiger charge is -2.09. The van der Waals surface area contributed by atoms with E-state index in [1.54, 1.807) is 5.51 Å². The molecule has 1 amide bonds. The Kier molecular flexibility index (Phi) is 4.87. The average Bonchev–Trinajstić information content (AvgIpc) is 3.14. The van der Waals surface area contributed by atoms with Gasteiger partial charge in [0.1, 0.15) is 5.51 Å². The number of thioether (sulfide) groups is 1. The molecule has 0 fully saturated rings. The molecule has 0 bridgehead atoms. The first kappa shape index (κ1) is 14.5. The number of amides is 1. The molecule has 6 heteroatoms. The molecule has 0 atom stereocenters. The smallest absolute Gasteiger partial charge is 0.230 e. The fraction of sp³-hybridized carbons (Fsp3) is 0.400. The van der Waals surface area contributed by atoms with Gasteiger partial charge in [0, 0.05) is 6.54 Å². The number of rotatable bonds is 6. The minimum Gasteiger partial charge on any atom is -0.355 e. The zero-order valence-electron chi connectivity index (χ0n) is 11.6. The maximum atomic E-state index is 11.8. The molecule has 0 saturated heterocycles. The van der Waals surface area contributed by atoms with Crippen molar-refractivity contribution in [1.29, 1.82) is 0 Å². The number of hydrogen-bond acceptors (Lipinski definition) is 5. The van der Waals surface area contributed by atoms with E-state index >= 15 is 0 Å². The van der Waals surface area contributed by atoms with Gasteiger partial charge in [-0.15, -0.1) is 10.2 Å². The molecule has 110 valence electrons. The third-order valence-corrected chi connectivity index (χ3v) is 5.54. The van der Waals surface area contributed by atoms with Crippen LogP contribution in [-0.4, -0.2) is 28.4 Å². The van der Waals surface area contributed by atoms with Gasteiger partial charge in [-0.2, -0.15) is 0 Å². The van der Waals surface area contributed by atoms with Crippen molar-refractivity contribution in [1.82, 2.24) is 15.5 Å². The summed E-state index contributed by atoms with van der Waals surface area (Å²) in [5.74, 6) is 1.16. The fourth-order valence-corrected chi connectivity index (χ4v) is 3.99. The summed E-state index contributed by atoms with van der Waals surface area (Å²) in [5.41, 5.74) is 4.62. The van der Waals surface area contributed by atoms with Crippen molar-refractivity contribution in [3.8, 4) is 0 Å². The van der Waals surface area contributed by atoms with Crippen molar-refractivity contribution in [3.05, 3.63) is 40.9 Å². The molecular formula is C15H17N3OS2. The summed E-state index contributed by atoms with van der Waals surface area (Å²) in [5, 5.41) is 10.7. The van der Waals surface area contributed by atoms with Crippen LogP contribution in [0.25, 0.3) is 0 Å². The number of fused-ring (bicyclic) bond motifs is 1. The summed E-state index contributed by atoms with van der Waals surface area (Å²) in [7, 11) is 0. The van der Waals surface area contributed by atoms with Crippen LogP contribution in [0.2, 0.25) is 0 Å². The SMILES string of the molecule is O=C(CSc1nncs1)NCCC1Cc2ccccc2C1. The average molecular weight is 319 g/mol. The minimum atomic E-state index is 0.0747. The molecule has 21 heavy (non-hydrogen) atoms. The van der Waals surface area contributed by atoms with Gasteiger partial charge in [-0.05, 0) is 36.3 Å². The molecule has 0 saturated carbocycles. The summed E-state index contributed by atoms with van der Waals surface area (Å²) >= 11 is 2.90. The van der Waals surface area contributed by atoms with Crippen LogP contribution in [0.5, 0.6) is 0 Å². The maximum Gasteiger partial charge on any atom is 0.230 e. The van der Waals surface area contributed by atoms with Crippen LogP contribution in [0.1, 0.15) is 17.5 Å². The highest BCUT2D eigenvalue weighted by Gasteiger charge is 2.20. The van der Waals surface area contributed by atoms with Crippen molar-refractivity contribution < 1.29 is 4.79 Å². The number of hydrogen-bond donors (Lipinski definition) is 1. The summed E-state index contributed by atoms with van der Waals surface area (Å²) in [4.78, 5) is 11.8. The van der Waals surface area contributed by atoms with Crippen molar-refractivity contribution >= 4 is 29.0 Å². The number of carbonyl (C=O) groups is 1. The van der Waals surface area contributed by atoms with Gasteiger partial charge in [0.2, 0.25) is 5.91 Å². The van der Waals surface area contributed by atoms with E-state index in [-0.39, 0.29) is 5.91 Å². The van der Waals surface area contributed by atoms with Crippen LogP contribution in [-0.2, 0) is 17.6 Å². The van der Waals surface area contributed by atoms with Crippen LogP contribution in [0.15, 0.2) is 34.1 Å². The van der Waals surface area contributed by atoms with Gasteiger partial charge in [0.05, 0.1) is 5.75 Å². The first-order valence-electron chi connectivity index (χ1n) is 7.03. The Morgan fingerprint density at radius 1 is 1.33 bits per heavy atom. The highest BCUT2D eigenvalue weighted by atomic mass is 32.2. The molecule has 1 aliphatic rings. The van der Waals surface area contributed by atoms with Gasteiger partial charge >= 0.3 is 0 Å². The van der Waals surface area contributed by atoms with Gasteiger partial charge in [-0.1, -0.05) is 47.4 Å². The molecule has 1 heterocycles. The Morgan fingerprint density at radius 3 is 2.76 bits per heavy atom. The zero-order chi connectivity index (χ0) is 14.5. The van der Waals surface area contributed by atoms with Crippen LogP contribution < -0.4 is 5.32 Å². The molecule has 0 aliphatic heterocycles. The normalized spacial score (nSPS) is 14.1. The van der Waals surface area contributed by atoms with E-state index in [2.05, 4.69) is 39.8 Å². The summed E-state index contributed by atoms with van der Waals surface area (Å²) in [6, 6.07) is 8.64. The predicted molar refractivity (Wildman–Crippen MR) is 85.6 cm³/mol. The third kappa shape index (κ3) is 4.04. The lowest BCUT2D eigenvalue weighted by molar-refractivity contribution is -0.118. The van der Waals surface area contributed by atoms with Gasteiger partial charge in [-0.25, -0.2) is 0 Å². The van der Waals surface area contributed by atoms with Crippen LogP contribution in [0.4, 0.5) is 0 Å². The number of aromatic nitrogens is 2. The molecule has 0 radical (unpaired) electrons. The van der Waals surface area contributed by atoms with Gasteiger partial charge < -0.3 is 5.32 Å². The Balaban J connectivity index is 1.34. The van der Waals surface area contributed by atoms with Crippen molar-refractivity contribution in [2.24, 2.45) is 5.92 Å². The molecular weight excluding hydrogens is 302 g/mol. The standard InChI is InChI=1S/C15H17N3OS2/c19-14(9-20-15-18-17-10-21-15)16-6-5-11-7-12-3-1-2-4-13(12)8-11/h1-4,10-11H,5-9H2,(H,16,19). The number of nitrogens with one attached hydrogen (secondary N) is 1. The van der Waals surface area contributed by atoms with Crippen LogP contribution in [0, 0.1) is 5.92 Å².